The molecule has 4 nitrogen and oxygen atoms in total. The lowest BCUT2D eigenvalue weighted by Crippen LogP contribution is -2.18. The summed E-state index contributed by atoms with van der Waals surface area (Å²) in [4.78, 5) is 4.24. The van der Waals surface area contributed by atoms with Crippen molar-refractivity contribution in [2.24, 2.45) is 0 Å². The molecule has 0 saturated heterocycles. The van der Waals surface area contributed by atoms with E-state index in [0.29, 0.717) is 11.6 Å². The molecule has 0 spiro atoms. The number of halogens is 3. The zero-order valence-corrected chi connectivity index (χ0v) is 12.3. The molecule has 102 valence electrons. The molecule has 0 saturated carbocycles. The maximum Gasteiger partial charge on any atom is 0.163 e. The zero-order valence-electron chi connectivity index (χ0n) is 10.7. The molecule has 19 heavy (non-hydrogen) atoms. The fourth-order valence-corrected chi connectivity index (χ4v) is 2.14. The van der Waals surface area contributed by atoms with Gasteiger partial charge >= 0.3 is 0 Å². The van der Waals surface area contributed by atoms with Gasteiger partial charge in [-0.1, -0.05) is 0 Å². The Morgan fingerprint density at radius 2 is 2.05 bits per heavy atom. The lowest BCUT2D eigenvalue weighted by molar-refractivity contribution is 0.554. The SMILES string of the molecule is CNC(C)c1nc(C)nn1-c1cc(F)cc(Br)c1F. The monoisotopic (exact) mass is 330 g/mol. The van der Waals surface area contributed by atoms with Crippen molar-refractivity contribution in [3.8, 4) is 5.69 Å². The Hall–Kier alpha value is -1.34. The average molecular weight is 331 g/mol. The molecule has 1 atom stereocenters. The van der Waals surface area contributed by atoms with Crippen LogP contribution in [0.15, 0.2) is 16.6 Å². The Kier molecular flexibility index (Phi) is 3.96. The number of hydrogen-bond acceptors (Lipinski definition) is 3. The summed E-state index contributed by atoms with van der Waals surface area (Å²) >= 11 is 2.99. The lowest BCUT2D eigenvalue weighted by Gasteiger charge is -2.12. The molecular formula is C12H13BrF2N4. The molecule has 1 aromatic carbocycles. The van der Waals surface area contributed by atoms with Gasteiger partial charge in [0, 0.05) is 6.07 Å². The van der Waals surface area contributed by atoms with Crippen molar-refractivity contribution in [3.05, 3.63) is 39.9 Å². The minimum atomic E-state index is -0.573. The van der Waals surface area contributed by atoms with Gasteiger partial charge in [0.15, 0.2) is 5.82 Å². The van der Waals surface area contributed by atoms with Gasteiger partial charge in [-0.25, -0.2) is 18.4 Å². The number of nitrogens with zero attached hydrogens (tertiary/aromatic N) is 3. The zero-order chi connectivity index (χ0) is 14.2. The molecule has 1 unspecified atom stereocenters. The van der Waals surface area contributed by atoms with Crippen molar-refractivity contribution in [1.29, 1.82) is 0 Å². The van der Waals surface area contributed by atoms with Gasteiger partial charge < -0.3 is 5.32 Å². The topological polar surface area (TPSA) is 42.7 Å². The van der Waals surface area contributed by atoms with E-state index in [0.717, 1.165) is 12.1 Å². The third kappa shape index (κ3) is 2.66. The molecule has 7 heteroatoms. The first-order valence-electron chi connectivity index (χ1n) is 5.69. The Balaban J connectivity index is 2.65. The second-order valence-electron chi connectivity index (χ2n) is 4.16. The normalized spacial score (nSPS) is 12.7. The quantitative estimate of drug-likeness (QED) is 0.880. The fraction of sp³-hybridized carbons (Fsp3) is 0.333. The summed E-state index contributed by atoms with van der Waals surface area (Å²) in [6.07, 6.45) is 0. The maximum absolute atomic E-state index is 14.1. The van der Waals surface area contributed by atoms with Crippen molar-refractivity contribution in [2.75, 3.05) is 7.05 Å². The summed E-state index contributed by atoms with van der Waals surface area (Å²) in [5, 5.41) is 7.13. The Morgan fingerprint density at radius 1 is 1.37 bits per heavy atom. The molecule has 1 N–H and O–H groups in total. The second kappa shape index (κ2) is 5.34. The van der Waals surface area contributed by atoms with Crippen LogP contribution >= 0.6 is 15.9 Å². The lowest BCUT2D eigenvalue weighted by atomic mass is 10.2. The van der Waals surface area contributed by atoms with Crippen molar-refractivity contribution in [1.82, 2.24) is 20.1 Å². The van der Waals surface area contributed by atoms with Crippen molar-refractivity contribution < 1.29 is 8.78 Å². The van der Waals surface area contributed by atoms with Crippen LogP contribution in [0.25, 0.3) is 5.69 Å². The van der Waals surface area contributed by atoms with E-state index in [1.165, 1.54) is 4.68 Å². The maximum atomic E-state index is 14.1. The number of aryl methyl sites for hydroxylation is 1. The van der Waals surface area contributed by atoms with Crippen LogP contribution in [0.4, 0.5) is 8.78 Å². The molecule has 0 amide bonds. The first-order valence-corrected chi connectivity index (χ1v) is 6.49. The molecule has 0 radical (unpaired) electrons. The summed E-state index contributed by atoms with van der Waals surface area (Å²) in [7, 11) is 1.76. The van der Waals surface area contributed by atoms with Gasteiger partial charge in [0.2, 0.25) is 0 Å². The van der Waals surface area contributed by atoms with Crippen LogP contribution in [0.1, 0.15) is 24.6 Å². The van der Waals surface area contributed by atoms with Crippen LogP contribution in [0.5, 0.6) is 0 Å². The van der Waals surface area contributed by atoms with E-state index >= 15 is 0 Å². The van der Waals surface area contributed by atoms with Crippen LogP contribution in [0.2, 0.25) is 0 Å². The largest absolute Gasteiger partial charge is 0.311 e. The van der Waals surface area contributed by atoms with Gasteiger partial charge in [-0.2, -0.15) is 5.10 Å². The number of benzene rings is 1. The highest BCUT2D eigenvalue weighted by atomic mass is 79.9. The molecule has 2 rings (SSSR count). The predicted molar refractivity (Wildman–Crippen MR) is 71.2 cm³/mol. The first-order chi connectivity index (χ1) is 8.93. The van der Waals surface area contributed by atoms with Crippen molar-refractivity contribution in [2.45, 2.75) is 19.9 Å². The standard InChI is InChI=1S/C12H13BrF2N4/c1-6(16-3)12-17-7(2)18-19(12)10-5-8(14)4-9(13)11(10)15/h4-6,16H,1-3H3. The molecule has 1 heterocycles. The van der Waals surface area contributed by atoms with Gasteiger partial charge in [-0.15, -0.1) is 0 Å². The van der Waals surface area contributed by atoms with E-state index in [1.807, 2.05) is 6.92 Å². The molecule has 2 aromatic rings. The Labute approximate surface area is 118 Å². The van der Waals surface area contributed by atoms with E-state index in [-0.39, 0.29) is 16.2 Å². The molecule has 1 aromatic heterocycles. The average Bonchev–Trinajstić information content (AvgIpc) is 2.74. The summed E-state index contributed by atoms with van der Waals surface area (Å²) in [6.45, 7) is 3.57. The molecule has 0 aliphatic carbocycles. The summed E-state index contributed by atoms with van der Waals surface area (Å²) in [6, 6.07) is 2.03. The van der Waals surface area contributed by atoms with Crippen LogP contribution in [-0.2, 0) is 0 Å². The van der Waals surface area contributed by atoms with Gasteiger partial charge in [0.05, 0.1) is 10.5 Å². The highest BCUT2D eigenvalue weighted by molar-refractivity contribution is 9.10. The van der Waals surface area contributed by atoms with Crippen LogP contribution in [0.3, 0.4) is 0 Å². The van der Waals surface area contributed by atoms with Gasteiger partial charge in [0.1, 0.15) is 23.2 Å². The molecular weight excluding hydrogens is 318 g/mol. The summed E-state index contributed by atoms with van der Waals surface area (Å²) in [5.74, 6) is -0.0939. The van der Waals surface area contributed by atoms with E-state index in [1.54, 1.807) is 14.0 Å². The number of rotatable bonds is 3. The van der Waals surface area contributed by atoms with E-state index in [9.17, 15) is 8.78 Å². The number of nitrogens with one attached hydrogen (secondary N) is 1. The Morgan fingerprint density at radius 3 is 2.68 bits per heavy atom. The van der Waals surface area contributed by atoms with Crippen molar-refractivity contribution in [3.63, 3.8) is 0 Å². The smallest absolute Gasteiger partial charge is 0.163 e. The van der Waals surface area contributed by atoms with Gasteiger partial charge in [0.25, 0.3) is 0 Å². The second-order valence-corrected chi connectivity index (χ2v) is 5.01. The summed E-state index contributed by atoms with van der Waals surface area (Å²) in [5.41, 5.74) is 0.0320. The highest BCUT2D eigenvalue weighted by Gasteiger charge is 2.19. The van der Waals surface area contributed by atoms with Crippen LogP contribution in [-0.4, -0.2) is 21.8 Å². The Bertz CT molecular complexity index is 612. The minimum Gasteiger partial charge on any atom is -0.311 e. The molecule has 0 aliphatic rings. The minimum absolute atomic E-state index is 0.0320. The van der Waals surface area contributed by atoms with Gasteiger partial charge in [-0.3, -0.25) is 0 Å². The summed E-state index contributed by atoms with van der Waals surface area (Å²) < 4.78 is 28.9. The number of aromatic nitrogens is 3. The van der Waals surface area contributed by atoms with Crippen molar-refractivity contribution >= 4 is 15.9 Å². The third-order valence-electron chi connectivity index (χ3n) is 2.76. The molecule has 0 aliphatic heterocycles. The fourth-order valence-electron chi connectivity index (χ4n) is 1.71. The molecule has 0 fully saturated rings. The first kappa shape index (κ1) is 14.1. The van der Waals surface area contributed by atoms with E-state index < -0.39 is 11.6 Å². The van der Waals surface area contributed by atoms with Crippen LogP contribution < -0.4 is 5.32 Å². The van der Waals surface area contributed by atoms with E-state index in [4.69, 9.17) is 0 Å². The predicted octanol–water partition coefficient (Wildman–Crippen LogP) is 2.90. The number of hydrogen-bond donors (Lipinski definition) is 1. The highest BCUT2D eigenvalue weighted by Crippen LogP contribution is 2.25. The third-order valence-corrected chi connectivity index (χ3v) is 3.34. The van der Waals surface area contributed by atoms with Crippen LogP contribution in [0, 0.1) is 18.6 Å². The van der Waals surface area contributed by atoms with E-state index in [2.05, 4.69) is 31.3 Å². The van der Waals surface area contributed by atoms with Gasteiger partial charge in [-0.05, 0) is 42.9 Å². The molecule has 0 bridgehead atoms.